The number of rotatable bonds is 7. The Morgan fingerprint density at radius 1 is 1.10 bits per heavy atom. The molecule has 0 aliphatic heterocycles. The van der Waals surface area contributed by atoms with Crippen LogP contribution < -0.4 is 16.1 Å². The molecule has 2 heterocycles. The van der Waals surface area contributed by atoms with Gasteiger partial charge in [0.2, 0.25) is 5.95 Å². The van der Waals surface area contributed by atoms with Crippen LogP contribution >= 0.6 is 7.14 Å². The van der Waals surface area contributed by atoms with Crippen LogP contribution in [-0.2, 0) is 17.4 Å². The first kappa shape index (κ1) is 27.1. The van der Waals surface area contributed by atoms with Crippen molar-refractivity contribution in [1.82, 2.24) is 19.9 Å². The summed E-state index contributed by atoms with van der Waals surface area (Å²) in [7, 11) is 1.74. The monoisotopic (exact) mass is 541 g/mol. The van der Waals surface area contributed by atoms with Gasteiger partial charge in [-0.3, -0.25) is 0 Å². The number of anilines is 4. The lowest BCUT2D eigenvalue weighted by Gasteiger charge is -2.27. The Hall–Kier alpha value is -3.53. The summed E-state index contributed by atoms with van der Waals surface area (Å²) < 4.78 is 12.7. The Kier molecular flexibility index (Phi) is 7.57. The van der Waals surface area contributed by atoms with Crippen molar-refractivity contribution in [2.24, 2.45) is 0 Å². The lowest BCUT2D eigenvalue weighted by atomic mass is 9.79. The number of likely N-dealkylation sites (N-methyl/N-ethyl adjacent to an activating group) is 1. The molecule has 0 bridgehead atoms. The molecular weight excluding hydrogens is 505 g/mol. The highest BCUT2D eigenvalue weighted by molar-refractivity contribution is 7.69. The van der Waals surface area contributed by atoms with Crippen LogP contribution in [0.25, 0.3) is 6.08 Å². The van der Waals surface area contributed by atoms with E-state index in [0.29, 0.717) is 35.0 Å². The van der Waals surface area contributed by atoms with Crippen LogP contribution in [0.5, 0.6) is 0 Å². The third kappa shape index (κ3) is 5.90. The highest BCUT2D eigenvalue weighted by Gasteiger charge is 2.29. The van der Waals surface area contributed by atoms with Gasteiger partial charge in [0, 0.05) is 11.7 Å². The molecule has 202 valence electrons. The lowest BCUT2D eigenvalue weighted by molar-refractivity contribution is 0.271. The molecule has 2 aliphatic rings. The first-order chi connectivity index (χ1) is 18.6. The van der Waals surface area contributed by atoms with E-state index in [1.807, 2.05) is 0 Å². The summed E-state index contributed by atoms with van der Waals surface area (Å²) in [5.74, 6) is 1.82. The number of nitriles is 1. The van der Waals surface area contributed by atoms with Gasteiger partial charge < -0.3 is 20.1 Å². The zero-order valence-electron chi connectivity index (χ0n) is 23.2. The van der Waals surface area contributed by atoms with Gasteiger partial charge in [-0.25, -0.2) is 9.97 Å². The SMILES string of the molecule is C=Cc1cc(Nc2nc(Nc3cc4c5c(c3)CC(N(C)C)CCC5CCC4)ncc2C#N)nc(P(C)(C)=O)c1. The van der Waals surface area contributed by atoms with Gasteiger partial charge in [-0.05, 0) is 118 Å². The maximum absolute atomic E-state index is 12.7. The molecule has 2 aliphatic carbocycles. The van der Waals surface area contributed by atoms with E-state index < -0.39 is 7.14 Å². The van der Waals surface area contributed by atoms with E-state index >= 15 is 0 Å². The number of nitrogens with one attached hydrogen (secondary N) is 2. The van der Waals surface area contributed by atoms with Crippen molar-refractivity contribution in [1.29, 1.82) is 5.26 Å². The summed E-state index contributed by atoms with van der Waals surface area (Å²) in [5.41, 5.74) is 6.94. The third-order valence-corrected chi connectivity index (χ3v) is 9.16. The molecule has 0 amide bonds. The second kappa shape index (κ2) is 10.9. The smallest absolute Gasteiger partial charge is 0.229 e. The van der Waals surface area contributed by atoms with E-state index in [4.69, 9.17) is 0 Å². The lowest BCUT2D eigenvalue weighted by Crippen LogP contribution is -2.29. The number of aryl methyl sites for hydroxylation is 1. The van der Waals surface area contributed by atoms with Crippen molar-refractivity contribution >= 4 is 41.9 Å². The van der Waals surface area contributed by atoms with E-state index in [1.54, 1.807) is 37.1 Å². The molecule has 2 atom stereocenters. The van der Waals surface area contributed by atoms with Crippen molar-refractivity contribution in [2.45, 2.75) is 50.5 Å². The molecule has 0 fully saturated rings. The predicted octanol–water partition coefficient (Wildman–Crippen LogP) is 5.81. The Morgan fingerprint density at radius 2 is 1.90 bits per heavy atom. The molecule has 8 nitrogen and oxygen atoms in total. The van der Waals surface area contributed by atoms with Crippen molar-refractivity contribution < 1.29 is 4.57 Å². The zero-order valence-corrected chi connectivity index (χ0v) is 24.1. The standard InChI is InChI=1S/C30H36N7OP/c1-6-19-12-26(34-27(13-19)39(4,5)38)35-29-23(17-31)18-32-30(36-29)33-24-14-21-9-7-8-20-10-11-25(37(2)3)16-22(15-24)28(20)21/h6,12-15,18,20,25H,1,7-11,16H2,2-5H3,(H2,32,33,34,35,36). The van der Waals surface area contributed by atoms with Crippen molar-refractivity contribution in [3.8, 4) is 6.07 Å². The van der Waals surface area contributed by atoms with Gasteiger partial charge in [0.05, 0.1) is 6.20 Å². The fourth-order valence-corrected chi connectivity index (χ4v) is 6.59. The summed E-state index contributed by atoms with van der Waals surface area (Å²) >= 11 is 0. The van der Waals surface area contributed by atoms with Gasteiger partial charge in [0.25, 0.3) is 0 Å². The van der Waals surface area contributed by atoms with Crippen LogP contribution in [0.2, 0.25) is 0 Å². The first-order valence-corrected chi connectivity index (χ1v) is 16.1. The summed E-state index contributed by atoms with van der Waals surface area (Å²) in [6.45, 7) is 7.19. The molecule has 0 radical (unpaired) electrons. The highest BCUT2D eigenvalue weighted by Crippen LogP contribution is 2.42. The number of benzene rings is 1. The van der Waals surface area contributed by atoms with Crippen LogP contribution in [0.3, 0.4) is 0 Å². The second-order valence-electron chi connectivity index (χ2n) is 11.2. The van der Waals surface area contributed by atoms with E-state index in [-0.39, 0.29) is 5.56 Å². The Bertz CT molecular complexity index is 1500. The van der Waals surface area contributed by atoms with Gasteiger partial charge in [0.15, 0.2) is 5.82 Å². The summed E-state index contributed by atoms with van der Waals surface area (Å²) in [5, 5.41) is 16.3. The Labute approximate surface area is 231 Å². The summed E-state index contributed by atoms with van der Waals surface area (Å²) in [6.07, 6.45) is 10.3. The minimum atomic E-state index is -2.61. The first-order valence-electron chi connectivity index (χ1n) is 13.5. The van der Waals surface area contributed by atoms with Crippen LogP contribution in [-0.4, -0.2) is 53.3 Å². The molecule has 1 aromatic carbocycles. The summed E-state index contributed by atoms with van der Waals surface area (Å²) in [6, 6.07) is 10.7. The van der Waals surface area contributed by atoms with Crippen molar-refractivity contribution in [3.05, 3.63) is 64.9 Å². The molecule has 9 heteroatoms. The summed E-state index contributed by atoms with van der Waals surface area (Å²) in [4.78, 5) is 15.9. The van der Waals surface area contributed by atoms with E-state index in [1.165, 1.54) is 43.0 Å². The predicted molar refractivity (Wildman–Crippen MR) is 159 cm³/mol. The van der Waals surface area contributed by atoms with Crippen LogP contribution in [0, 0.1) is 11.3 Å². The fourth-order valence-electron chi connectivity index (χ4n) is 5.78. The average Bonchev–Trinajstić information content (AvgIpc) is 3.09. The van der Waals surface area contributed by atoms with E-state index in [0.717, 1.165) is 24.1 Å². The Morgan fingerprint density at radius 3 is 2.62 bits per heavy atom. The number of nitrogens with zero attached hydrogens (tertiary/aromatic N) is 5. The van der Waals surface area contributed by atoms with Gasteiger partial charge in [0.1, 0.15) is 30.0 Å². The number of pyridine rings is 1. The topological polar surface area (TPSA) is 107 Å². The number of aromatic nitrogens is 3. The van der Waals surface area contributed by atoms with Crippen LogP contribution in [0.4, 0.5) is 23.3 Å². The molecule has 2 aromatic heterocycles. The molecule has 2 unspecified atom stereocenters. The minimum absolute atomic E-state index is 0.290. The second-order valence-corrected chi connectivity index (χ2v) is 14.4. The maximum Gasteiger partial charge on any atom is 0.229 e. The highest BCUT2D eigenvalue weighted by atomic mass is 31.2. The molecule has 0 spiro atoms. The maximum atomic E-state index is 12.7. The van der Waals surface area contributed by atoms with Gasteiger partial charge in [-0.1, -0.05) is 12.7 Å². The molecule has 39 heavy (non-hydrogen) atoms. The molecule has 2 N–H and O–H groups in total. The van der Waals surface area contributed by atoms with Gasteiger partial charge in [-0.15, -0.1) is 0 Å². The zero-order chi connectivity index (χ0) is 27.7. The van der Waals surface area contributed by atoms with E-state index in [2.05, 4.69) is 69.4 Å². The largest absolute Gasteiger partial charge is 0.324 e. The van der Waals surface area contributed by atoms with Crippen LogP contribution in [0.1, 0.15) is 59.4 Å². The van der Waals surface area contributed by atoms with E-state index in [9.17, 15) is 9.83 Å². The molecule has 5 rings (SSSR count). The van der Waals surface area contributed by atoms with Crippen LogP contribution in [0.15, 0.2) is 37.0 Å². The van der Waals surface area contributed by atoms with Crippen molar-refractivity contribution in [3.63, 3.8) is 0 Å². The molecule has 0 saturated carbocycles. The Balaban J connectivity index is 1.47. The average molecular weight is 542 g/mol. The quantitative estimate of drug-likeness (QED) is 0.361. The molecule has 0 saturated heterocycles. The number of hydrogen-bond acceptors (Lipinski definition) is 8. The normalized spacial score (nSPS) is 18.6. The van der Waals surface area contributed by atoms with Crippen molar-refractivity contribution in [2.75, 3.05) is 38.1 Å². The minimum Gasteiger partial charge on any atom is -0.324 e. The molecule has 3 aromatic rings. The molecular formula is C30H36N7OP. The third-order valence-electron chi connectivity index (χ3n) is 7.83. The fraction of sp³-hybridized carbons (Fsp3) is 0.400. The van der Waals surface area contributed by atoms with Gasteiger partial charge in [-0.2, -0.15) is 10.2 Å². The van der Waals surface area contributed by atoms with Gasteiger partial charge >= 0.3 is 0 Å². The number of hydrogen-bond donors (Lipinski definition) is 2.